The van der Waals surface area contributed by atoms with Crippen LogP contribution in [0.25, 0.3) is 11.3 Å². The summed E-state index contributed by atoms with van der Waals surface area (Å²) in [5, 5.41) is 0. The van der Waals surface area contributed by atoms with E-state index in [0.717, 1.165) is 18.4 Å². The van der Waals surface area contributed by atoms with Gasteiger partial charge >= 0.3 is 0 Å². The average Bonchev–Trinajstić information content (AvgIpc) is 2.69. The van der Waals surface area contributed by atoms with Crippen LogP contribution in [0.15, 0.2) is 71.8 Å². The number of rotatable bonds is 6. The summed E-state index contributed by atoms with van der Waals surface area (Å²) in [4.78, 5) is 33.2. The molecule has 5 heteroatoms. The smallest absolute Gasteiger partial charge is 0.261 e. The summed E-state index contributed by atoms with van der Waals surface area (Å²) in [6.45, 7) is 0.597. The highest BCUT2D eigenvalue weighted by molar-refractivity contribution is 5.93. The molecule has 0 spiro atoms. The van der Waals surface area contributed by atoms with Gasteiger partial charge < -0.3 is 9.88 Å². The van der Waals surface area contributed by atoms with E-state index >= 15 is 0 Å². The number of pyridine rings is 2. The first-order valence-corrected chi connectivity index (χ1v) is 8.58. The van der Waals surface area contributed by atoms with E-state index in [2.05, 4.69) is 22.1 Å². The minimum Gasteiger partial charge on any atom is -0.342 e. The highest BCUT2D eigenvalue weighted by Gasteiger charge is 2.15. The topological polar surface area (TPSA) is 66.1 Å². The molecule has 3 rings (SSSR count). The molecule has 0 saturated heterocycles. The minimum atomic E-state index is -0.376. The van der Waals surface area contributed by atoms with Crippen LogP contribution in [0.4, 0.5) is 0 Å². The van der Waals surface area contributed by atoms with E-state index < -0.39 is 0 Å². The maximum absolute atomic E-state index is 12.6. The van der Waals surface area contributed by atoms with Crippen LogP contribution in [0.3, 0.4) is 0 Å². The molecule has 1 N–H and O–H groups in total. The summed E-state index contributed by atoms with van der Waals surface area (Å²) in [5.41, 5.74) is 2.55. The maximum Gasteiger partial charge on any atom is 0.261 e. The average molecular weight is 347 g/mol. The Balaban J connectivity index is 1.64. The van der Waals surface area contributed by atoms with Gasteiger partial charge in [0.15, 0.2) is 0 Å². The van der Waals surface area contributed by atoms with Crippen molar-refractivity contribution in [1.29, 1.82) is 0 Å². The van der Waals surface area contributed by atoms with E-state index in [-0.39, 0.29) is 17.0 Å². The predicted octanol–water partition coefficient (Wildman–Crippen LogP) is 3.14. The SMILES string of the molecule is CN(CCCc1ccccc1)C(=O)c1ccc(-c2ccncc2)[nH]c1=O. The van der Waals surface area contributed by atoms with Gasteiger partial charge in [0, 0.05) is 37.2 Å². The quantitative estimate of drug-likeness (QED) is 0.745. The van der Waals surface area contributed by atoms with Gasteiger partial charge in [-0.2, -0.15) is 0 Å². The lowest BCUT2D eigenvalue weighted by Crippen LogP contribution is -2.32. The number of aryl methyl sites for hydroxylation is 1. The van der Waals surface area contributed by atoms with Crippen LogP contribution in [0.1, 0.15) is 22.3 Å². The number of carbonyl (C=O) groups is 1. The maximum atomic E-state index is 12.6. The van der Waals surface area contributed by atoms with Crippen molar-refractivity contribution in [2.75, 3.05) is 13.6 Å². The van der Waals surface area contributed by atoms with Crippen LogP contribution < -0.4 is 5.56 Å². The van der Waals surface area contributed by atoms with Crippen molar-refractivity contribution in [2.24, 2.45) is 0 Å². The summed E-state index contributed by atoms with van der Waals surface area (Å²) in [6, 6.07) is 17.1. The number of benzene rings is 1. The first-order valence-electron chi connectivity index (χ1n) is 8.58. The van der Waals surface area contributed by atoms with Crippen molar-refractivity contribution in [3.8, 4) is 11.3 Å². The molecule has 0 bridgehead atoms. The van der Waals surface area contributed by atoms with Gasteiger partial charge in [0.1, 0.15) is 5.56 Å². The van der Waals surface area contributed by atoms with Gasteiger partial charge in [-0.3, -0.25) is 14.6 Å². The van der Waals surface area contributed by atoms with E-state index in [1.807, 2.05) is 30.3 Å². The number of hydrogen-bond acceptors (Lipinski definition) is 3. The summed E-state index contributed by atoms with van der Waals surface area (Å²) in [6.07, 6.45) is 5.06. The molecule has 132 valence electrons. The van der Waals surface area contributed by atoms with E-state index in [1.54, 1.807) is 36.5 Å². The number of carbonyl (C=O) groups excluding carboxylic acids is 1. The van der Waals surface area contributed by atoms with Crippen molar-refractivity contribution in [3.05, 3.63) is 88.5 Å². The molecule has 2 aromatic heterocycles. The fourth-order valence-corrected chi connectivity index (χ4v) is 2.81. The van der Waals surface area contributed by atoms with Crippen molar-refractivity contribution in [2.45, 2.75) is 12.8 Å². The third-order valence-corrected chi connectivity index (χ3v) is 4.28. The van der Waals surface area contributed by atoms with Gasteiger partial charge in [0.25, 0.3) is 11.5 Å². The zero-order chi connectivity index (χ0) is 18.4. The van der Waals surface area contributed by atoms with Crippen LogP contribution in [-0.2, 0) is 6.42 Å². The predicted molar refractivity (Wildman–Crippen MR) is 102 cm³/mol. The molecule has 0 aliphatic carbocycles. The Bertz CT molecular complexity index is 921. The molecule has 0 saturated carbocycles. The monoisotopic (exact) mass is 347 g/mol. The zero-order valence-electron chi connectivity index (χ0n) is 14.7. The first-order chi connectivity index (χ1) is 12.6. The Hall–Kier alpha value is -3.21. The number of hydrogen-bond donors (Lipinski definition) is 1. The Morgan fingerprint density at radius 1 is 1.04 bits per heavy atom. The molecule has 1 aromatic carbocycles. The van der Waals surface area contributed by atoms with E-state index in [1.165, 1.54) is 5.56 Å². The normalized spacial score (nSPS) is 10.5. The van der Waals surface area contributed by atoms with Crippen LogP contribution >= 0.6 is 0 Å². The lowest BCUT2D eigenvalue weighted by atomic mass is 10.1. The zero-order valence-corrected chi connectivity index (χ0v) is 14.7. The summed E-state index contributed by atoms with van der Waals surface area (Å²) < 4.78 is 0. The van der Waals surface area contributed by atoms with E-state index in [0.29, 0.717) is 12.2 Å². The molecule has 1 amide bonds. The second-order valence-electron chi connectivity index (χ2n) is 6.17. The lowest BCUT2D eigenvalue weighted by Gasteiger charge is -2.17. The van der Waals surface area contributed by atoms with Gasteiger partial charge in [0.05, 0.1) is 0 Å². The second kappa shape index (κ2) is 8.25. The number of H-pyrrole nitrogens is 1. The standard InChI is InChI=1S/C21H21N3O2/c1-24(15-5-8-16-6-3-2-4-7-16)21(26)18-9-10-19(23-20(18)25)17-11-13-22-14-12-17/h2-4,6-7,9-14H,5,8,15H2,1H3,(H,23,25). The van der Waals surface area contributed by atoms with Crippen molar-refractivity contribution < 1.29 is 4.79 Å². The van der Waals surface area contributed by atoms with Gasteiger partial charge in [-0.1, -0.05) is 30.3 Å². The molecule has 0 aliphatic heterocycles. The van der Waals surface area contributed by atoms with E-state index in [9.17, 15) is 9.59 Å². The van der Waals surface area contributed by atoms with Crippen LogP contribution in [-0.4, -0.2) is 34.4 Å². The summed E-state index contributed by atoms with van der Waals surface area (Å²) >= 11 is 0. The molecule has 0 atom stereocenters. The highest BCUT2D eigenvalue weighted by atomic mass is 16.2. The molecule has 3 aromatic rings. The minimum absolute atomic E-state index is 0.157. The molecule has 2 heterocycles. The van der Waals surface area contributed by atoms with Crippen molar-refractivity contribution >= 4 is 5.91 Å². The molecule has 0 fully saturated rings. The van der Waals surface area contributed by atoms with Crippen LogP contribution in [0, 0.1) is 0 Å². The molecule has 0 aliphatic rings. The lowest BCUT2D eigenvalue weighted by molar-refractivity contribution is 0.0792. The number of nitrogens with one attached hydrogen (secondary N) is 1. The third kappa shape index (κ3) is 4.25. The first kappa shape index (κ1) is 17.6. The molecular formula is C21H21N3O2. The third-order valence-electron chi connectivity index (χ3n) is 4.28. The van der Waals surface area contributed by atoms with E-state index in [4.69, 9.17) is 0 Å². The van der Waals surface area contributed by atoms with Gasteiger partial charge in [0.2, 0.25) is 0 Å². The van der Waals surface area contributed by atoms with Crippen molar-refractivity contribution in [3.63, 3.8) is 0 Å². The molecule has 0 unspecified atom stereocenters. The largest absolute Gasteiger partial charge is 0.342 e. The Kier molecular flexibility index (Phi) is 5.59. The summed E-state index contributed by atoms with van der Waals surface area (Å²) in [7, 11) is 1.73. The molecule has 5 nitrogen and oxygen atoms in total. The summed E-state index contributed by atoms with van der Waals surface area (Å²) in [5.74, 6) is -0.263. The van der Waals surface area contributed by atoms with Crippen LogP contribution in [0.5, 0.6) is 0 Å². The van der Waals surface area contributed by atoms with Gasteiger partial charge in [-0.25, -0.2) is 0 Å². The molecular weight excluding hydrogens is 326 g/mol. The van der Waals surface area contributed by atoms with Crippen LogP contribution in [0.2, 0.25) is 0 Å². The number of amides is 1. The van der Waals surface area contributed by atoms with Crippen molar-refractivity contribution in [1.82, 2.24) is 14.9 Å². The molecule has 26 heavy (non-hydrogen) atoms. The second-order valence-corrected chi connectivity index (χ2v) is 6.17. The Labute approximate surface area is 152 Å². The van der Waals surface area contributed by atoms with Gasteiger partial charge in [-0.15, -0.1) is 0 Å². The number of aromatic nitrogens is 2. The molecule has 0 radical (unpaired) electrons. The fourth-order valence-electron chi connectivity index (χ4n) is 2.81. The number of aromatic amines is 1. The van der Waals surface area contributed by atoms with Gasteiger partial charge in [-0.05, 0) is 42.7 Å². The Morgan fingerprint density at radius 2 is 1.77 bits per heavy atom. The Morgan fingerprint density at radius 3 is 2.46 bits per heavy atom. The highest BCUT2D eigenvalue weighted by Crippen LogP contribution is 2.14. The fraction of sp³-hybridized carbons (Fsp3) is 0.190. The number of nitrogens with zero attached hydrogens (tertiary/aromatic N) is 2.